The molecule has 2 amide bonds. The Balaban J connectivity index is 2.14. The van der Waals surface area contributed by atoms with E-state index in [4.69, 9.17) is 5.73 Å². The molecule has 1 aliphatic rings. The Morgan fingerprint density at radius 1 is 1.10 bits per heavy atom. The summed E-state index contributed by atoms with van der Waals surface area (Å²) < 4.78 is 0. The lowest BCUT2D eigenvalue weighted by molar-refractivity contribution is 0.197. The van der Waals surface area contributed by atoms with E-state index in [1.54, 1.807) is 5.01 Å². The van der Waals surface area contributed by atoms with Gasteiger partial charge in [-0.25, -0.2) is 14.8 Å². The quantitative estimate of drug-likeness (QED) is 0.918. The van der Waals surface area contributed by atoms with E-state index in [0.29, 0.717) is 0 Å². The molecule has 2 N–H and O–H groups in total. The molecule has 3 rings (SSSR count). The maximum atomic E-state index is 12.1. The number of hydrazine groups is 1. The van der Waals surface area contributed by atoms with Gasteiger partial charge < -0.3 is 5.73 Å². The van der Waals surface area contributed by atoms with Crippen LogP contribution < -0.4 is 10.7 Å². The van der Waals surface area contributed by atoms with E-state index in [-0.39, 0.29) is 0 Å². The van der Waals surface area contributed by atoms with Crippen LogP contribution in [0.25, 0.3) is 10.8 Å². The minimum atomic E-state index is -0.406. The number of anilines is 1. The average Bonchev–Trinajstić information content (AvgIpc) is 2.51. The summed E-state index contributed by atoms with van der Waals surface area (Å²) in [5, 5.41) is 5.96. The second kappa shape index (κ2) is 5.74. The van der Waals surface area contributed by atoms with Gasteiger partial charge in [0.25, 0.3) is 0 Å². The second-order valence-corrected chi connectivity index (χ2v) is 5.62. The molecule has 4 nitrogen and oxygen atoms in total. The fourth-order valence-electron chi connectivity index (χ4n) is 3.11. The molecule has 0 spiro atoms. The molecule has 4 heteroatoms. The summed E-state index contributed by atoms with van der Waals surface area (Å²) in [4.78, 5) is 12.1. The molecule has 1 heterocycles. The fourth-order valence-corrected chi connectivity index (χ4v) is 3.11. The molecular weight excluding hydrogens is 262 g/mol. The summed E-state index contributed by atoms with van der Waals surface area (Å²) >= 11 is 0. The first kappa shape index (κ1) is 13.9. The molecule has 0 saturated carbocycles. The summed E-state index contributed by atoms with van der Waals surface area (Å²) in [6.07, 6.45) is 3.43. The summed E-state index contributed by atoms with van der Waals surface area (Å²) in [7, 11) is 0. The topological polar surface area (TPSA) is 49.6 Å². The van der Waals surface area contributed by atoms with Crippen molar-refractivity contribution in [2.45, 2.75) is 26.2 Å². The number of aryl methyl sites for hydroxylation is 1. The second-order valence-electron chi connectivity index (χ2n) is 5.62. The number of hydrogen-bond acceptors (Lipinski definition) is 2. The number of benzene rings is 2. The Morgan fingerprint density at radius 2 is 1.81 bits per heavy atom. The number of primary amides is 1. The van der Waals surface area contributed by atoms with Crippen molar-refractivity contribution in [2.75, 3.05) is 18.1 Å². The fraction of sp³-hybridized carbons (Fsp3) is 0.353. The van der Waals surface area contributed by atoms with Gasteiger partial charge in [-0.1, -0.05) is 42.8 Å². The zero-order valence-corrected chi connectivity index (χ0v) is 12.4. The van der Waals surface area contributed by atoms with Gasteiger partial charge in [0.2, 0.25) is 0 Å². The van der Waals surface area contributed by atoms with Crippen LogP contribution in [0, 0.1) is 6.92 Å². The van der Waals surface area contributed by atoms with Crippen LogP contribution >= 0.6 is 0 Å². The summed E-state index contributed by atoms with van der Waals surface area (Å²) in [6.45, 7) is 3.79. The zero-order chi connectivity index (χ0) is 14.8. The summed E-state index contributed by atoms with van der Waals surface area (Å²) in [6, 6.07) is 11.9. The van der Waals surface area contributed by atoms with Crippen molar-refractivity contribution in [1.29, 1.82) is 0 Å². The summed E-state index contributed by atoms with van der Waals surface area (Å²) in [5.74, 6) is 0. The van der Waals surface area contributed by atoms with Crippen molar-refractivity contribution >= 4 is 22.5 Å². The largest absolute Gasteiger partial charge is 0.350 e. The van der Waals surface area contributed by atoms with Crippen molar-refractivity contribution in [3.05, 3.63) is 42.0 Å². The van der Waals surface area contributed by atoms with Gasteiger partial charge in [-0.05, 0) is 30.7 Å². The molecule has 0 unspecified atom stereocenters. The highest BCUT2D eigenvalue weighted by Gasteiger charge is 2.25. The smallest absolute Gasteiger partial charge is 0.334 e. The number of carbonyl (C=O) groups excluding carboxylic acids is 1. The van der Waals surface area contributed by atoms with Crippen LogP contribution in [0.15, 0.2) is 36.4 Å². The standard InChI is InChI=1S/C17H21N3O/c1-13-9-10-14-7-3-4-8-15(14)16(13)20(17(18)21)19-11-5-2-6-12-19/h3-4,7-10H,2,5-6,11-12H2,1H3,(H2,18,21). The Morgan fingerprint density at radius 3 is 2.52 bits per heavy atom. The molecule has 110 valence electrons. The third-order valence-corrected chi connectivity index (χ3v) is 4.14. The lowest BCUT2D eigenvalue weighted by Gasteiger charge is -2.37. The highest BCUT2D eigenvalue weighted by atomic mass is 16.2. The number of fused-ring (bicyclic) bond motifs is 1. The van der Waals surface area contributed by atoms with Crippen LogP contribution in [-0.4, -0.2) is 24.1 Å². The van der Waals surface area contributed by atoms with E-state index in [9.17, 15) is 4.79 Å². The normalized spacial score (nSPS) is 16.0. The third kappa shape index (κ3) is 2.59. The minimum Gasteiger partial charge on any atom is -0.350 e. The Kier molecular flexibility index (Phi) is 3.80. The van der Waals surface area contributed by atoms with Gasteiger partial charge >= 0.3 is 6.03 Å². The molecule has 0 radical (unpaired) electrons. The Labute approximate surface area is 125 Å². The van der Waals surface area contributed by atoms with Gasteiger partial charge in [-0.3, -0.25) is 0 Å². The van der Waals surface area contributed by atoms with Crippen LogP contribution in [0.3, 0.4) is 0 Å². The van der Waals surface area contributed by atoms with Crippen molar-refractivity contribution < 1.29 is 4.79 Å². The molecule has 1 saturated heterocycles. The van der Waals surface area contributed by atoms with Gasteiger partial charge in [0.1, 0.15) is 0 Å². The molecule has 1 fully saturated rings. The average molecular weight is 283 g/mol. The van der Waals surface area contributed by atoms with Gasteiger partial charge in [0.15, 0.2) is 0 Å². The van der Waals surface area contributed by atoms with Crippen LogP contribution in [0.5, 0.6) is 0 Å². The molecule has 0 aromatic heterocycles. The van der Waals surface area contributed by atoms with Crippen LogP contribution in [-0.2, 0) is 0 Å². The highest BCUT2D eigenvalue weighted by Crippen LogP contribution is 2.32. The SMILES string of the molecule is Cc1ccc2ccccc2c1N(C(N)=O)N1CCCCC1. The van der Waals surface area contributed by atoms with E-state index in [2.05, 4.69) is 29.3 Å². The molecule has 0 atom stereocenters. The van der Waals surface area contributed by atoms with E-state index >= 15 is 0 Å². The van der Waals surface area contributed by atoms with Crippen LogP contribution in [0.4, 0.5) is 10.5 Å². The van der Waals surface area contributed by atoms with E-state index in [1.165, 1.54) is 6.42 Å². The van der Waals surface area contributed by atoms with Crippen LogP contribution in [0.1, 0.15) is 24.8 Å². The number of urea groups is 1. The lowest BCUT2D eigenvalue weighted by Crippen LogP contribution is -2.51. The van der Waals surface area contributed by atoms with Gasteiger partial charge in [0.05, 0.1) is 5.69 Å². The first-order valence-electron chi connectivity index (χ1n) is 7.51. The van der Waals surface area contributed by atoms with Crippen LogP contribution in [0.2, 0.25) is 0 Å². The van der Waals surface area contributed by atoms with Crippen molar-refractivity contribution in [3.63, 3.8) is 0 Å². The van der Waals surface area contributed by atoms with Gasteiger partial charge in [0, 0.05) is 18.5 Å². The Bertz CT molecular complexity index is 662. The Hall–Kier alpha value is -2.07. The number of amides is 2. The minimum absolute atomic E-state index is 0.406. The molecule has 2 aromatic rings. The number of carbonyl (C=O) groups is 1. The van der Waals surface area contributed by atoms with E-state index < -0.39 is 6.03 Å². The zero-order valence-electron chi connectivity index (χ0n) is 12.4. The maximum absolute atomic E-state index is 12.1. The number of hydrogen-bond donors (Lipinski definition) is 1. The lowest BCUT2D eigenvalue weighted by atomic mass is 10.0. The number of piperidine rings is 1. The first-order valence-corrected chi connectivity index (χ1v) is 7.51. The van der Waals surface area contributed by atoms with E-state index in [0.717, 1.165) is 48.0 Å². The van der Waals surface area contributed by atoms with Gasteiger partial charge in [-0.2, -0.15) is 0 Å². The summed E-state index contributed by atoms with van der Waals surface area (Å²) in [5.41, 5.74) is 7.69. The molecule has 21 heavy (non-hydrogen) atoms. The molecule has 2 aromatic carbocycles. The first-order chi connectivity index (χ1) is 10.2. The predicted molar refractivity (Wildman–Crippen MR) is 86.2 cm³/mol. The maximum Gasteiger partial charge on any atom is 0.334 e. The molecule has 1 aliphatic heterocycles. The molecular formula is C17H21N3O. The molecule has 0 bridgehead atoms. The highest BCUT2D eigenvalue weighted by molar-refractivity contribution is 6.03. The van der Waals surface area contributed by atoms with E-state index in [1.807, 2.05) is 19.1 Å². The van der Waals surface area contributed by atoms with Gasteiger partial charge in [-0.15, -0.1) is 0 Å². The van der Waals surface area contributed by atoms with Crippen molar-refractivity contribution in [3.8, 4) is 0 Å². The monoisotopic (exact) mass is 283 g/mol. The molecule has 0 aliphatic carbocycles. The number of rotatable bonds is 2. The number of nitrogens with zero attached hydrogens (tertiary/aromatic N) is 2. The number of nitrogens with two attached hydrogens (primary N) is 1. The third-order valence-electron chi connectivity index (χ3n) is 4.14. The van der Waals surface area contributed by atoms with Crippen molar-refractivity contribution in [1.82, 2.24) is 5.01 Å². The predicted octanol–water partition coefficient (Wildman–Crippen LogP) is 3.43. The van der Waals surface area contributed by atoms with Crippen molar-refractivity contribution in [2.24, 2.45) is 5.73 Å².